The summed E-state index contributed by atoms with van der Waals surface area (Å²) < 4.78 is 43.3. The maximum Gasteiger partial charge on any atom is 0.573 e. The average Bonchev–Trinajstić information content (AvgIpc) is 3.16. The summed E-state index contributed by atoms with van der Waals surface area (Å²) in [6.45, 7) is 4.49. The van der Waals surface area contributed by atoms with Gasteiger partial charge in [-0.2, -0.15) is 0 Å². The second kappa shape index (κ2) is 9.30. The van der Waals surface area contributed by atoms with Crippen LogP contribution in [0.3, 0.4) is 0 Å². The molecule has 0 fully saturated rings. The van der Waals surface area contributed by atoms with Crippen LogP contribution in [0, 0.1) is 6.92 Å². The Hall–Kier alpha value is -3.65. The van der Waals surface area contributed by atoms with Gasteiger partial charge < -0.3 is 15.8 Å². The topological polar surface area (TPSA) is 76.7 Å². The number of fused-ring (bicyclic) bond motifs is 1. The smallest absolute Gasteiger partial charge is 0.405 e. The van der Waals surface area contributed by atoms with E-state index in [-0.39, 0.29) is 12.1 Å². The van der Waals surface area contributed by atoms with Gasteiger partial charge in [-0.15, -0.1) is 13.2 Å². The molecular weight excluding hydrogens is 443 g/mol. The number of alkyl halides is 3. The van der Waals surface area contributed by atoms with Crippen LogP contribution in [0.25, 0.3) is 11.1 Å². The van der Waals surface area contributed by atoms with Crippen molar-refractivity contribution in [2.75, 3.05) is 6.54 Å². The standard InChI is InChI=1S/C26H24F3N3O2/c1-15-4-3-5-19(10-15)23(13-30)32-25(33)22-12-18(8-9-24(22)34-26(27,28)29)17-6-7-20-14-31-16(2)21(20)11-17/h3-12,23H,13-14,30H2,1-2H3,(H,32,33)/t23-/m1/s1. The molecule has 0 spiro atoms. The van der Waals surface area contributed by atoms with Crippen molar-refractivity contribution in [3.8, 4) is 16.9 Å². The van der Waals surface area contributed by atoms with E-state index in [0.29, 0.717) is 12.1 Å². The number of nitrogens with zero attached hydrogens (tertiary/aromatic N) is 1. The van der Waals surface area contributed by atoms with Crippen LogP contribution >= 0.6 is 0 Å². The van der Waals surface area contributed by atoms with Crippen molar-refractivity contribution < 1.29 is 22.7 Å². The Labute approximate surface area is 195 Å². The molecule has 0 saturated heterocycles. The minimum atomic E-state index is -4.94. The summed E-state index contributed by atoms with van der Waals surface area (Å²) in [5, 5.41) is 2.75. The Kier molecular flexibility index (Phi) is 6.43. The van der Waals surface area contributed by atoms with Gasteiger partial charge in [0.1, 0.15) is 5.75 Å². The van der Waals surface area contributed by atoms with Gasteiger partial charge >= 0.3 is 6.36 Å². The highest BCUT2D eigenvalue weighted by atomic mass is 19.4. The maximum atomic E-state index is 13.2. The molecule has 34 heavy (non-hydrogen) atoms. The number of benzene rings is 3. The van der Waals surface area contributed by atoms with Crippen LogP contribution < -0.4 is 15.8 Å². The first-order valence-electron chi connectivity index (χ1n) is 10.8. The predicted octanol–water partition coefficient (Wildman–Crippen LogP) is 5.31. The lowest BCUT2D eigenvalue weighted by molar-refractivity contribution is -0.274. The summed E-state index contributed by atoms with van der Waals surface area (Å²) in [6, 6.07) is 16.6. The molecule has 176 valence electrons. The highest BCUT2D eigenvalue weighted by Gasteiger charge is 2.33. The molecule has 0 aliphatic carbocycles. The Morgan fingerprint density at radius 2 is 1.82 bits per heavy atom. The Morgan fingerprint density at radius 1 is 1.09 bits per heavy atom. The van der Waals surface area contributed by atoms with E-state index in [2.05, 4.69) is 15.0 Å². The average molecular weight is 467 g/mol. The number of hydrogen-bond donors (Lipinski definition) is 2. The van der Waals surface area contributed by atoms with Gasteiger partial charge in [0.25, 0.3) is 5.91 Å². The lowest BCUT2D eigenvalue weighted by Crippen LogP contribution is -2.34. The van der Waals surface area contributed by atoms with Gasteiger partial charge in [0.2, 0.25) is 0 Å². The SMILES string of the molecule is CC1=NCc2ccc(-c3ccc(OC(F)(F)F)c(C(=O)N[C@H](CN)c4cccc(C)c4)c3)cc21. The normalized spacial score (nSPS) is 13.8. The van der Waals surface area contributed by atoms with E-state index in [1.807, 2.05) is 56.3 Å². The summed E-state index contributed by atoms with van der Waals surface area (Å²) in [5.41, 5.74) is 11.7. The van der Waals surface area contributed by atoms with Gasteiger partial charge in [-0.1, -0.05) is 48.0 Å². The van der Waals surface area contributed by atoms with Crippen LogP contribution in [0.15, 0.2) is 65.7 Å². The van der Waals surface area contributed by atoms with Crippen molar-refractivity contribution in [3.63, 3.8) is 0 Å². The number of aliphatic imine (C=N–C) groups is 1. The third-order valence-corrected chi connectivity index (χ3v) is 5.75. The number of rotatable bonds is 6. The summed E-state index contributed by atoms with van der Waals surface area (Å²) in [5.74, 6) is -1.29. The van der Waals surface area contributed by atoms with Crippen molar-refractivity contribution in [3.05, 3.63) is 88.5 Å². The molecule has 5 nitrogen and oxygen atoms in total. The molecular formula is C26H24F3N3O2. The van der Waals surface area contributed by atoms with E-state index in [1.54, 1.807) is 0 Å². The van der Waals surface area contributed by atoms with Gasteiger partial charge in [-0.25, -0.2) is 0 Å². The fraction of sp³-hybridized carbons (Fsp3) is 0.231. The zero-order chi connectivity index (χ0) is 24.5. The monoisotopic (exact) mass is 467 g/mol. The minimum absolute atomic E-state index is 0.0772. The van der Waals surface area contributed by atoms with Gasteiger partial charge in [-0.3, -0.25) is 9.79 Å². The molecule has 0 radical (unpaired) electrons. The molecule has 0 aromatic heterocycles. The number of nitrogens with two attached hydrogens (primary N) is 1. The van der Waals surface area contributed by atoms with Crippen molar-refractivity contribution in [1.29, 1.82) is 0 Å². The second-order valence-electron chi connectivity index (χ2n) is 8.21. The van der Waals surface area contributed by atoms with Crippen LogP contribution in [-0.4, -0.2) is 24.5 Å². The van der Waals surface area contributed by atoms with Crippen molar-refractivity contribution in [2.45, 2.75) is 32.8 Å². The van der Waals surface area contributed by atoms with Crippen LogP contribution in [0.1, 0.15) is 45.6 Å². The Bertz CT molecular complexity index is 1270. The zero-order valence-electron chi connectivity index (χ0n) is 18.7. The first kappa shape index (κ1) is 23.5. The molecule has 3 aromatic carbocycles. The van der Waals surface area contributed by atoms with E-state index in [0.717, 1.165) is 39.6 Å². The number of carbonyl (C=O) groups excluding carboxylic acids is 1. The van der Waals surface area contributed by atoms with E-state index in [1.165, 1.54) is 12.1 Å². The van der Waals surface area contributed by atoms with Gasteiger partial charge in [0.05, 0.1) is 18.2 Å². The van der Waals surface area contributed by atoms with Crippen LogP contribution in [0.2, 0.25) is 0 Å². The lowest BCUT2D eigenvalue weighted by atomic mass is 9.96. The number of nitrogens with one attached hydrogen (secondary N) is 1. The summed E-state index contributed by atoms with van der Waals surface area (Å²) in [4.78, 5) is 17.6. The van der Waals surface area contributed by atoms with E-state index >= 15 is 0 Å². The molecule has 0 saturated carbocycles. The molecule has 3 N–H and O–H groups in total. The summed E-state index contributed by atoms with van der Waals surface area (Å²) in [7, 11) is 0. The molecule has 1 atom stereocenters. The molecule has 1 aliphatic rings. The summed E-state index contributed by atoms with van der Waals surface area (Å²) in [6.07, 6.45) is -4.94. The van der Waals surface area contributed by atoms with Gasteiger partial charge in [0, 0.05) is 17.8 Å². The van der Waals surface area contributed by atoms with Crippen molar-refractivity contribution in [1.82, 2.24) is 5.32 Å². The molecule has 0 unspecified atom stereocenters. The quantitative estimate of drug-likeness (QED) is 0.516. The van der Waals surface area contributed by atoms with E-state index < -0.39 is 24.1 Å². The number of ether oxygens (including phenoxy) is 1. The number of halogens is 3. The van der Waals surface area contributed by atoms with Crippen LogP contribution in [0.5, 0.6) is 5.75 Å². The zero-order valence-corrected chi connectivity index (χ0v) is 18.7. The van der Waals surface area contributed by atoms with Crippen LogP contribution in [0.4, 0.5) is 13.2 Å². The van der Waals surface area contributed by atoms with Crippen molar-refractivity contribution in [2.24, 2.45) is 10.7 Å². The fourth-order valence-corrected chi connectivity index (χ4v) is 4.02. The molecule has 1 heterocycles. The largest absolute Gasteiger partial charge is 0.573 e. The third kappa shape index (κ3) is 5.12. The Balaban J connectivity index is 1.71. The highest BCUT2D eigenvalue weighted by molar-refractivity contribution is 6.03. The minimum Gasteiger partial charge on any atom is -0.405 e. The van der Waals surface area contributed by atoms with E-state index in [9.17, 15) is 18.0 Å². The molecule has 4 rings (SSSR count). The third-order valence-electron chi connectivity index (χ3n) is 5.75. The highest BCUT2D eigenvalue weighted by Crippen LogP contribution is 2.33. The first-order chi connectivity index (χ1) is 16.1. The number of amides is 1. The maximum absolute atomic E-state index is 13.2. The molecule has 8 heteroatoms. The van der Waals surface area contributed by atoms with Crippen LogP contribution in [-0.2, 0) is 6.54 Å². The number of aryl methyl sites for hydroxylation is 1. The summed E-state index contributed by atoms with van der Waals surface area (Å²) >= 11 is 0. The molecule has 0 bridgehead atoms. The number of carbonyl (C=O) groups is 1. The molecule has 3 aromatic rings. The Morgan fingerprint density at radius 3 is 2.53 bits per heavy atom. The molecule has 1 aliphatic heterocycles. The number of hydrogen-bond acceptors (Lipinski definition) is 4. The second-order valence-corrected chi connectivity index (χ2v) is 8.21. The lowest BCUT2D eigenvalue weighted by Gasteiger charge is -2.20. The van der Waals surface area contributed by atoms with Gasteiger partial charge in [-0.05, 0) is 54.3 Å². The fourth-order valence-electron chi connectivity index (χ4n) is 4.02. The van der Waals surface area contributed by atoms with Crippen molar-refractivity contribution >= 4 is 11.6 Å². The predicted molar refractivity (Wildman–Crippen MR) is 125 cm³/mol. The van der Waals surface area contributed by atoms with Gasteiger partial charge in [0.15, 0.2) is 0 Å². The first-order valence-corrected chi connectivity index (χ1v) is 10.8. The van der Waals surface area contributed by atoms with E-state index in [4.69, 9.17) is 5.73 Å². The molecule has 1 amide bonds.